The first kappa shape index (κ1) is 19.8. The summed E-state index contributed by atoms with van der Waals surface area (Å²) in [6.45, 7) is 0.167. The Morgan fingerprint density at radius 3 is 2.58 bits per heavy atom. The highest BCUT2D eigenvalue weighted by atomic mass is 19.4. The minimum Gasteiger partial charge on any atom is -0.352 e. The summed E-state index contributed by atoms with van der Waals surface area (Å²) in [5.41, 5.74) is -0.539. The number of likely N-dealkylation sites (N-methyl/N-ethyl adjacent to an activating group) is 1. The molecule has 1 fully saturated rings. The van der Waals surface area contributed by atoms with Crippen LogP contribution in [0, 0.1) is 11.8 Å². The van der Waals surface area contributed by atoms with E-state index in [1.807, 2.05) is 0 Å². The van der Waals surface area contributed by atoms with Gasteiger partial charge < -0.3 is 10.6 Å². The average molecular weight is 367 g/mol. The average Bonchev–Trinajstić information content (AvgIpc) is 3.34. The zero-order valence-corrected chi connectivity index (χ0v) is 14.3. The van der Waals surface area contributed by atoms with Gasteiger partial charge in [0.1, 0.15) is 0 Å². The lowest BCUT2D eigenvalue weighted by atomic mass is 10.1. The molecule has 0 unspecified atom stereocenters. The van der Waals surface area contributed by atoms with Gasteiger partial charge in [-0.2, -0.15) is 13.2 Å². The topological polar surface area (TPSA) is 61.4 Å². The second-order valence-corrected chi connectivity index (χ2v) is 6.17. The van der Waals surface area contributed by atoms with Gasteiger partial charge in [0, 0.05) is 11.6 Å². The number of amides is 2. The monoisotopic (exact) mass is 367 g/mol. The van der Waals surface area contributed by atoms with Gasteiger partial charge in [-0.15, -0.1) is 0 Å². The molecule has 2 rings (SSSR count). The molecule has 2 N–H and O–H groups in total. The highest BCUT2D eigenvalue weighted by Gasteiger charge is 2.30. The van der Waals surface area contributed by atoms with E-state index in [9.17, 15) is 22.8 Å². The van der Waals surface area contributed by atoms with Crippen LogP contribution in [0.1, 0.15) is 24.0 Å². The molecule has 140 valence electrons. The van der Waals surface area contributed by atoms with Crippen LogP contribution in [0.25, 0.3) is 0 Å². The minimum atomic E-state index is -4.41. The van der Waals surface area contributed by atoms with Gasteiger partial charge >= 0.3 is 6.18 Å². The molecule has 0 aromatic heterocycles. The smallest absolute Gasteiger partial charge is 0.352 e. The van der Waals surface area contributed by atoms with E-state index in [1.165, 1.54) is 12.1 Å². The Bertz CT molecular complexity index is 718. The van der Waals surface area contributed by atoms with E-state index in [0.717, 1.165) is 25.0 Å². The van der Waals surface area contributed by atoms with Gasteiger partial charge in [-0.1, -0.05) is 17.9 Å². The molecule has 26 heavy (non-hydrogen) atoms. The number of rotatable bonds is 6. The van der Waals surface area contributed by atoms with Gasteiger partial charge in [-0.05, 0) is 38.1 Å². The van der Waals surface area contributed by atoms with E-state index in [4.69, 9.17) is 0 Å². The predicted octanol–water partition coefficient (Wildman–Crippen LogP) is 1.38. The van der Waals surface area contributed by atoms with Crippen molar-refractivity contribution < 1.29 is 22.8 Å². The quantitative estimate of drug-likeness (QED) is 0.747. The fourth-order valence-corrected chi connectivity index (χ4v) is 2.17. The third kappa shape index (κ3) is 7.15. The number of halogens is 3. The van der Waals surface area contributed by atoms with Crippen LogP contribution in [-0.2, 0) is 15.8 Å². The molecule has 0 radical (unpaired) electrons. The molecular weight excluding hydrogens is 347 g/mol. The van der Waals surface area contributed by atoms with Crippen molar-refractivity contribution in [1.29, 1.82) is 0 Å². The van der Waals surface area contributed by atoms with Crippen molar-refractivity contribution in [2.24, 2.45) is 0 Å². The third-order valence-electron chi connectivity index (χ3n) is 3.57. The van der Waals surface area contributed by atoms with Crippen molar-refractivity contribution in [3.05, 3.63) is 35.4 Å². The summed E-state index contributed by atoms with van der Waals surface area (Å²) < 4.78 is 37.8. The summed E-state index contributed by atoms with van der Waals surface area (Å²) in [5, 5.41) is 5.38. The van der Waals surface area contributed by atoms with Crippen molar-refractivity contribution in [3.8, 4) is 11.8 Å². The molecule has 1 saturated carbocycles. The maximum atomic E-state index is 12.6. The number of benzene rings is 1. The van der Waals surface area contributed by atoms with E-state index in [2.05, 4.69) is 22.5 Å². The predicted molar refractivity (Wildman–Crippen MR) is 90.0 cm³/mol. The third-order valence-corrected chi connectivity index (χ3v) is 3.57. The van der Waals surface area contributed by atoms with E-state index >= 15 is 0 Å². The van der Waals surface area contributed by atoms with Gasteiger partial charge in [-0.25, -0.2) is 0 Å². The molecule has 0 saturated heterocycles. The molecule has 1 aromatic carbocycles. The van der Waals surface area contributed by atoms with Crippen LogP contribution in [0.15, 0.2) is 24.3 Å². The molecule has 2 amide bonds. The molecule has 1 aromatic rings. The Kier molecular flexibility index (Phi) is 6.64. The lowest BCUT2D eigenvalue weighted by Crippen LogP contribution is -2.41. The van der Waals surface area contributed by atoms with Gasteiger partial charge in [0.2, 0.25) is 11.8 Å². The molecule has 0 heterocycles. The van der Waals surface area contributed by atoms with Crippen LogP contribution < -0.4 is 10.6 Å². The van der Waals surface area contributed by atoms with Crippen molar-refractivity contribution >= 4 is 11.8 Å². The summed E-state index contributed by atoms with van der Waals surface area (Å²) in [6.07, 6.45) is -2.41. The molecule has 5 nitrogen and oxygen atoms in total. The lowest BCUT2D eigenvalue weighted by molar-refractivity contribution is -0.137. The Balaban J connectivity index is 1.73. The zero-order valence-electron chi connectivity index (χ0n) is 14.3. The van der Waals surface area contributed by atoms with E-state index in [1.54, 1.807) is 11.9 Å². The van der Waals surface area contributed by atoms with E-state index < -0.39 is 11.7 Å². The number of carbonyl (C=O) groups excluding carboxylic acids is 2. The second-order valence-electron chi connectivity index (χ2n) is 6.17. The van der Waals surface area contributed by atoms with Crippen LogP contribution in [0.4, 0.5) is 13.2 Å². The van der Waals surface area contributed by atoms with Crippen molar-refractivity contribution in [2.75, 3.05) is 26.7 Å². The lowest BCUT2D eigenvalue weighted by Gasteiger charge is -2.15. The fraction of sp³-hybridized carbons (Fsp3) is 0.444. The highest BCUT2D eigenvalue weighted by molar-refractivity contribution is 5.81. The molecule has 1 aliphatic carbocycles. The number of nitrogens with one attached hydrogen (secondary N) is 2. The number of carbonyl (C=O) groups is 2. The Labute approximate surface area is 149 Å². The van der Waals surface area contributed by atoms with Crippen LogP contribution in [0.5, 0.6) is 0 Å². The summed E-state index contributed by atoms with van der Waals surface area (Å²) in [5.74, 6) is 4.76. The molecule has 0 aliphatic heterocycles. The summed E-state index contributed by atoms with van der Waals surface area (Å²) in [7, 11) is 1.65. The van der Waals surface area contributed by atoms with Crippen LogP contribution in [0.2, 0.25) is 0 Å². The van der Waals surface area contributed by atoms with E-state index in [0.29, 0.717) is 0 Å². The van der Waals surface area contributed by atoms with Crippen LogP contribution >= 0.6 is 0 Å². The van der Waals surface area contributed by atoms with Crippen molar-refractivity contribution in [1.82, 2.24) is 15.5 Å². The summed E-state index contributed by atoms with van der Waals surface area (Å²) >= 11 is 0. The largest absolute Gasteiger partial charge is 0.416 e. The number of hydrogen-bond acceptors (Lipinski definition) is 3. The second kappa shape index (κ2) is 8.72. The van der Waals surface area contributed by atoms with E-state index in [-0.39, 0.29) is 43.1 Å². The number of nitrogens with zero attached hydrogens (tertiary/aromatic N) is 1. The first-order valence-corrected chi connectivity index (χ1v) is 8.15. The summed E-state index contributed by atoms with van der Waals surface area (Å²) in [4.78, 5) is 25.0. The first-order valence-electron chi connectivity index (χ1n) is 8.15. The molecular formula is C18H20F3N3O2. The first-order chi connectivity index (χ1) is 12.2. The molecule has 8 heteroatoms. The highest BCUT2D eigenvalue weighted by Crippen LogP contribution is 2.29. The minimum absolute atomic E-state index is 0.0111. The van der Waals surface area contributed by atoms with Gasteiger partial charge in [-0.3, -0.25) is 14.5 Å². The normalized spacial score (nSPS) is 13.7. The zero-order chi connectivity index (χ0) is 19.2. The van der Waals surface area contributed by atoms with Gasteiger partial charge in [0.05, 0.1) is 25.2 Å². The van der Waals surface area contributed by atoms with Gasteiger partial charge in [0.15, 0.2) is 0 Å². The number of hydrogen-bond donors (Lipinski definition) is 2. The summed E-state index contributed by atoms with van der Waals surface area (Å²) in [6, 6.07) is 4.96. The fourth-order valence-electron chi connectivity index (χ4n) is 2.17. The Morgan fingerprint density at radius 2 is 1.92 bits per heavy atom. The van der Waals surface area contributed by atoms with Crippen LogP contribution in [0.3, 0.4) is 0 Å². The maximum absolute atomic E-state index is 12.6. The molecule has 1 aliphatic rings. The van der Waals surface area contributed by atoms with Gasteiger partial charge in [0.25, 0.3) is 0 Å². The molecule has 0 atom stereocenters. The number of alkyl halides is 3. The van der Waals surface area contributed by atoms with Crippen molar-refractivity contribution in [2.45, 2.75) is 25.1 Å². The standard InChI is InChI=1S/C18H20F3N3O2/c1-24(12-17(26)23-15-7-8-15)11-16(25)22-9-3-5-13-4-2-6-14(10-13)18(19,20)21/h2,4,6,10,15H,7-9,11-12H2,1H3,(H,22,25)(H,23,26). The SMILES string of the molecule is CN(CC(=O)NCC#Cc1cccc(C(F)(F)F)c1)CC(=O)NC1CC1. The van der Waals surface area contributed by atoms with Crippen molar-refractivity contribution in [3.63, 3.8) is 0 Å². The molecule has 0 bridgehead atoms. The maximum Gasteiger partial charge on any atom is 0.416 e. The molecule has 0 spiro atoms. The Morgan fingerprint density at radius 1 is 1.23 bits per heavy atom. The Hall–Kier alpha value is -2.53. The van der Waals surface area contributed by atoms with Crippen LogP contribution in [-0.4, -0.2) is 49.4 Å².